The van der Waals surface area contributed by atoms with Gasteiger partial charge in [-0.05, 0) is 19.1 Å². The van der Waals surface area contributed by atoms with Crippen molar-refractivity contribution in [1.82, 2.24) is 9.97 Å². The van der Waals surface area contributed by atoms with Crippen LogP contribution in [0.2, 0.25) is 0 Å². The molecule has 2 aromatic rings. The molecule has 4 nitrogen and oxygen atoms in total. The molecule has 2 aromatic heterocycles. The largest absolute Gasteiger partial charge is 0.441 e. The minimum absolute atomic E-state index is 0.398. The van der Waals surface area contributed by atoms with Crippen molar-refractivity contribution in [3.8, 4) is 11.5 Å². The Kier molecular flexibility index (Phi) is 2.28. The number of nitrogens with zero attached hydrogens (tertiary/aromatic N) is 2. The molecular weight excluding hydrogens is 178 g/mol. The fourth-order valence-electron chi connectivity index (χ4n) is 1.23. The topological polar surface area (TPSA) is 64.9 Å². The van der Waals surface area contributed by atoms with E-state index in [1.54, 1.807) is 12.4 Å². The molecule has 0 aliphatic rings. The fraction of sp³-hybridized carbons (Fsp3) is 0.200. The molecule has 0 unspecified atom stereocenters. The van der Waals surface area contributed by atoms with Crippen molar-refractivity contribution in [2.45, 2.75) is 13.5 Å². The Morgan fingerprint density at radius 2 is 2.36 bits per heavy atom. The van der Waals surface area contributed by atoms with E-state index in [2.05, 4.69) is 9.97 Å². The van der Waals surface area contributed by atoms with Gasteiger partial charge in [0, 0.05) is 18.9 Å². The molecule has 4 heteroatoms. The number of hydrogen-bond acceptors (Lipinski definition) is 4. The Morgan fingerprint density at radius 3 is 2.93 bits per heavy atom. The van der Waals surface area contributed by atoms with Crippen LogP contribution in [0.1, 0.15) is 11.5 Å². The Labute approximate surface area is 81.8 Å². The summed E-state index contributed by atoms with van der Waals surface area (Å²) < 4.78 is 5.46. The summed E-state index contributed by atoms with van der Waals surface area (Å²) in [5.74, 6) is 1.35. The average Bonchev–Trinajstić information content (AvgIpc) is 2.61. The molecule has 72 valence electrons. The molecule has 0 amide bonds. The number of aromatic nitrogens is 2. The fourth-order valence-corrected chi connectivity index (χ4v) is 1.23. The maximum atomic E-state index is 5.50. The van der Waals surface area contributed by atoms with Crippen LogP contribution in [0.4, 0.5) is 0 Å². The number of nitrogens with two attached hydrogens (primary N) is 1. The van der Waals surface area contributed by atoms with Crippen molar-refractivity contribution in [1.29, 1.82) is 0 Å². The zero-order chi connectivity index (χ0) is 9.97. The highest BCUT2D eigenvalue weighted by Gasteiger charge is 2.09. The molecule has 0 saturated heterocycles. The molecule has 0 atom stereocenters. The maximum Gasteiger partial charge on any atom is 0.228 e. The Bertz CT molecular complexity index is 422. The summed E-state index contributed by atoms with van der Waals surface area (Å²) in [6.45, 7) is 2.25. The molecule has 0 aromatic carbocycles. The van der Waals surface area contributed by atoms with Gasteiger partial charge in [-0.25, -0.2) is 4.98 Å². The van der Waals surface area contributed by atoms with Crippen LogP contribution in [0.25, 0.3) is 11.5 Å². The van der Waals surface area contributed by atoms with E-state index >= 15 is 0 Å². The summed E-state index contributed by atoms with van der Waals surface area (Å²) >= 11 is 0. The van der Waals surface area contributed by atoms with Crippen LogP contribution in [-0.2, 0) is 6.54 Å². The van der Waals surface area contributed by atoms with E-state index in [1.807, 2.05) is 19.1 Å². The van der Waals surface area contributed by atoms with Gasteiger partial charge in [-0.1, -0.05) is 0 Å². The normalized spacial score (nSPS) is 10.4. The van der Waals surface area contributed by atoms with Crippen LogP contribution >= 0.6 is 0 Å². The van der Waals surface area contributed by atoms with E-state index in [1.165, 1.54) is 0 Å². The van der Waals surface area contributed by atoms with E-state index in [0.29, 0.717) is 12.4 Å². The first-order valence-corrected chi connectivity index (χ1v) is 4.38. The highest BCUT2D eigenvalue weighted by molar-refractivity contribution is 5.51. The van der Waals surface area contributed by atoms with Crippen LogP contribution in [0.5, 0.6) is 0 Å². The highest BCUT2D eigenvalue weighted by atomic mass is 16.4. The number of oxazole rings is 1. The minimum Gasteiger partial charge on any atom is -0.441 e. The standard InChI is InChI=1S/C10H11N3O/c1-7-9(5-11)13-10(14-7)8-3-2-4-12-6-8/h2-4,6H,5,11H2,1H3. The SMILES string of the molecule is Cc1oc(-c2cccnc2)nc1CN. The minimum atomic E-state index is 0.398. The monoisotopic (exact) mass is 189 g/mol. The summed E-state index contributed by atoms with van der Waals surface area (Å²) in [6.07, 6.45) is 3.43. The third-order valence-electron chi connectivity index (χ3n) is 1.99. The van der Waals surface area contributed by atoms with Gasteiger partial charge >= 0.3 is 0 Å². The molecular formula is C10H11N3O. The van der Waals surface area contributed by atoms with Crippen molar-refractivity contribution in [3.63, 3.8) is 0 Å². The maximum absolute atomic E-state index is 5.50. The van der Waals surface area contributed by atoms with Crippen LogP contribution in [0, 0.1) is 6.92 Å². The molecule has 2 heterocycles. The van der Waals surface area contributed by atoms with Crippen LogP contribution in [0.3, 0.4) is 0 Å². The summed E-state index contributed by atoms with van der Waals surface area (Å²) in [5.41, 5.74) is 7.17. The van der Waals surface area contributed by atoms with Crippen molar-refractivity contribution in [2.75, 3.05) is 0 Å². The van der Waals surface area contributed by atoms with Crippen molar-refractivity contribution >= 4 is 0 Å². The van der Waals surface area contributed by atoms with Crippen molar-refractivity contribution < 1.29 is 4.42 Å². The third kappa shape index (κ3) is 1.52. The van der Waals surface area contributed by atoms with Crippen LogP contribution in [0.15, 0.2) is 28.9 Å². The molecule has 2 rings (SSSR count). The lowest BCUT2D eigenvalue weighted by atomic mass is 10.3. The molecule has 0 aliphatic carbocycles. The first-order chi connectivity index (χ1) is 6.81. The lowest BCUT2D eigenvalue weighted by molar-refractivity contribution is 0.539. The van der Waals surface area contributed by atoms with Crippen LogP contribution in [-0.4, -0.2) is 9.97 Å². The van der Waals surface area contributed by atoms with Gasteiger partial charge < -0.3 is 10.2 Å². The van der Waals surface area contributed by atoms with Gasteiger partial charge in [0.15, 0.2) is 0 Å². The van der Waals surface area contributed by atoms with Crippen molar-refractivity contribution in [2.24, 2.45) is 5.73 Å². The summed E-state index contributed by atoms with van der Waals surface area (Å²) in [4.78, 5) is 8.26. The highest BCUT2D eigenvalue weighted by Crippen LogP contribution is 2.19. The lowest BCUT2D eigenvalue weighted by Crippen LogP contribution is -1.97. The first-order valence-electron chi connectivity index (χ1n) is 4.38. The Morgan fingerprint density at radius 1 is 1.50 bits per heavy atom. The summed E-state index contributed by atoms with van der Waals surface area (Å²) in [7, 11) is 0. The second kappa shape index (κ2) is 3.59. The molecule has 2 N–H and O–H groups in total. The summed E-state index contributed by atoms with van der Waals surface area (Å²) in [6, 6.07) is 3.75. The number of hydrogen-bond donors (Lipinski definition) is 1. The van der Waals surface area contributed by atoms with Gasteiger partial charge in [-0.15, -0.1) is 0 Å². The zero-order valence-corrected chi connectivity index (χ0v) is 7.90. The molecule has 14 heavy (non-hydrogen) atoms. The molecule has 0 saturated carbocycles. The van der Waals surface area contributed by atoms with Gasteiger partial charge in [0.1, 0.15) is 5.76 Å². The first kappa shape index (κ1) is 8.90. The third-order valence-corrected chi connectivity index (χ3v) is 1.99. The Balaban J connectivity index is 2.43. The quantitative estimate of drug-likeness (QED) is 0.777. The van der Waals surface area contributed by atoms with E-state index < -0.39 is 0 Å². The van der Waals surface area contributed by atoms with Gasteiger partial charge in [-0.2, -0.15) is 0 Å². The molecule has 0 bridgehead atoms. The number of pyridine rings is 1. The summed E-state index contributed by atoms with van der Waals surface area (Å²) in [5, 5.41) is 0. The Hall–Kier alpha value is -1.68. The molecule has 0 radical (unpaired) electrons. The van der Waals surface area contributed by atoms with E-state index in [4.69, 9.17) is 10.2 Å². The lowest BCUT2D eigenvalue weighted by Gasteiger charge is -1.91. The van der Waals surface area contributed by atoms with Crippen molar-refractivity contribution in [3.05, 3.63) is 36.0 Å². The van der Waals surface area contributed by atoms with Gasteiger partial charge in [-0.3, -0.25) is 4.98 Å². The van der Waals surface area contributed by atoms with E-state index in [0.717, 1.165) is 17.0 Å². The second-order valence-corrected chi connectivity index (χ2v) is 2.97. The molecule has 0 aliphatic heterocycles. The van der Waals surface area contributed by atoms with Gasteiger partial charge in [0.05, 0.1) is 11.3 Å². The van der Waals surface area contributed by atoms with E-state index in [9.17, 15) is 0 Å². The number of aryl methyl sites for hydroxylation is 1. The van der Waals surface area contributed by atoms with Gasteiger partial charge in [0.2, 0.25) is 5.89 Å². The predicted octanol–water partition coefficient (Wildman–Crippen LogP) is 1.50. The second-order valence-electron chi connectivity index (χ2n) is 2.97. The van der Waals surface area contributed by atoms with E-state index in [-0.39, 0.29) is 0 Å². The number of rotatable bonds is 2. The van der Waals surface area contributed by atoms with Crippen LogP contribution < -0.4 is 5.73 Å². The zero-order valence-electron chi connectivity index (χ0n) is 7.90. The smallest absolute Gasteiger partial charge is 0.228 e. The molecule has 0 fully saturated rings. The predicted molar refractivity (Wildman–Crippen MR) is 52.4 cm³/mol. The average molecular weight is 189 g/mol. The van der Waals surface area contributed by atoms with Gasteiger partial charge in [0.25, 0.3) is 0 Å². The molecule has 0 spiro atoms.